The van der Waals surface area contributed by atoms with Crippen molar-refractivity contribution in [3.8, 4) is 0 Å². The van der Waals surface area contributed by atoms with Crippen LogP contribution in [0.4, 0.5) is 11.6 Å². The number of aromatic nitrogens is 1. The van der Waals surface area contributed by atoms with Gasteiger partial charge in [0, 0.05) is 26.2 Å². The highest BCUT2D eigenvalue weighted by Crippen LogP contribution is 2.22. The van der Waals surface area contributed by atoms with E-state index >= 15 is 0 Å². The van der Waals surface area contributed by atoms with E-state index in [1.54, 1.807) is 0 Å². The normalized spacial score (nSPS) is 17.2. The lowest BCUT2D eigenvalue weighted by molar-refractivity contribution is 0.203. The van der Waals surface area contributed by atoms with Crippen LogP contribution < -0.4 is 10.2 Å². The molecule has 4 heteroatoms. The van der Waals surface area contributed by atoms with Gasteiger partial charge in [-0.1, -0.05) is 6.07 Å². The van der Waals surface area contributed by atoms with E-state index < -0.39 is 0 Å². The molecule has 0 bridgehead atoms. The van der Waals surface area contributed by atoms with Crippen molar-refractivity contribution in [2.75, 3.05) is 36.5 Å². The minimum atomic E-state index is 0.318. The van der Waals surface area contributed by atoms with Crippen LogP contribution in [0, 0.1) is 5.92 Å². The Morgan fingerprint density at radius 1 is 1.41 bits per heavy atom. The van der Waals surface area contributed by atoms with Crippen molar-refractivity contribution in [2.45, 2.75) is 19.8 Å². The van der Waals surface area contributed by atoms with Gasteiger partial charge in [0.2, 0.25) is 0 Å². The van der Waals surface area contributed by atoms with Crippen LogP contribution in [0.15, 0.2) is 18.2 Å². The molecule has 17 heavy (non-hydrogen) atoms. The number of anilines is 2. The summed E-state index contributed by atoms with van der Waals surface area (Å²) in [6.45, 7) is 5.27. The molecule has 0 aliphatic carbocycles. The highest BCUT2D eigenvalue weighted by Gasteiger charge is 2.19. The third-order valence-corrected chi connectivity index (χ3v) is 3.29. The Morgan fingerprint density at radius 2 is 2.18 bits per heavy atom. The topological polar surface area (TPSA) is 48.4 Å². The highest BCUT2D eigenvalue weighted by molar-refractivity contribution is 5.47. The van der Waals surface area contributed by atoms with Crippen molar-refractivity contribution in [3.63, 3.8) is 0 Å². The van der Waals surface area contributed by atoms with Gasteiger partial charge in [-0.05, 0) is 37.8 Å². The Labute approximate surface area is 103 Å². The summed E-state index contributed by atoms with van der Waals surface area (Å²) in [6.07, 6.45) is 2.12. The van der Waals surface area contributed by atoms with Crippen molar-refractivity contribution in [3.05, 3.63) is 18.2 Å². The van der Waals surface area contributed by atoms with Crippen molar-refractivity contribution in [1.29, 1.82) is 0 Å². The van der Waals surface area contributed by atoms with Gasteiger partial charge >= 0.3 is 0 Å². The number of rotatable bonds is 4. The minimum absolute atomic E-state index is 0.318. The van der Waals surface area contributed by atoms with Crippen LogP contribution in [0.3, 0.4) is 0 Å². The molecule has 94 valence electrons. The Morgan fingerprint density at radius 3 is 2.82 bits per heavy atom. The minimum Gasteiger partial charge on any atom is -0.396 e. The second-order valence-corrected chi connectivity index (χ2v) is 4.52. The average Bonchev–Trinajstić information content (AvgIpc) is 2.40. The van der Waals surface area contributed by atoms with Crippen LogP contribution in [0.25, 0.3) is 0 Å². The molecule has 0 saturated carbocycles. The summed E-state index contributed by atoms with van der Waals surface area (Å²) in [5, 5.41) is 12.3. The summed E-state index contributed by atoms with van der Waals surface area (Å²) >= 11 is 0. The Bertz CT molecular complexity index is 348. The maximum atomic E-state index is 9.12. The van der Waals surface area contributed by atoms with Gasteiger partial charge in [0.15, 0.2) is 0 Å². The van der Waals surface area contributed by atoms with E-state index in [0.29, 0.717) is 12.5 Å². The highest BCUT2D eigenvalue weighted by atomic mass is 16.3. The number of pyridine rings is 1. The molecule has 2 N–H and O–H groups in total. The number of aliphatic hydroxyl groups is 1. The maximum Gasteiger partial charge on any atom is 0.130 e. The fourth-order valence-corrected chi connectivity index (χ4v) is 2.22. The van der Waals surface area contributed by atoms with Gasteiger partial charge < -0.3 is 15.3 Å². The number of hydrogen-bond acceptors (Lipinski definition) is 4. The first-order valence-corrected chi connectivity index (χ1v) is 6.40. The molecule has 1 aliphatic heterocycles. The van der Waals surface area contributed by atoms with Crippen LogP contribution in [0.5, 0.6) is 0 Å². The lowest BCUT2D eigenvalue weighted by Crippen LogP contribution is -2.35. The number of nitrogens with one attached hydrogen (secondary N) is 1. The molecule has 1 aromatic heterocycles. The summed E-state index contributed by atoms with van der Waals surface area (Å²) in [5.41, 5.74) is 0. The molecule has 0 amide bonds. The molecule has 0 aromatic carbocycles. The quantitative estimate of drug-likeness (QED) is 0.834. The van der Waals surface area contributed by atoms with Crippen molar-refractivity contribution in [2.24, 2.45) is 5.92 Å². The molecule has 1 saturated heterocycles. The smallest absolute Gasteiger partial charge is 0.130 e. The van der Waals surface area contributed by atoms with E-state index in [1.807, 2.05) is 12.1 Å². The number of aliphatic hydroxyl groups excluding tert-OH is 1. The number of piperidine rings is 1. The first kappa shape index (κ1) is 12.2. The number of nitrogens with zero attached hydrogens (tertiary/aromatic N) is 2. The van der Waals surface area contributed by atoms with Crippen LogP contribution in [0.2, 0.25) is 0 Å². The van der Waals surface area contributed by atoms with Gasteiger partial charge in [-0.25, -0.2) is 4.98 Å². The van der Waals surface area contributed by atoms with Crippen molar-refractivity contribution < 1.29 is 5.11 Å². The van der Waals surface area contributed by atoms with Gasteiger partial charge in [0.25, 0.3) is 0 Å². The molecular weight excluding hydrogens is 214 g/mol. The predicted octanol–water partition coefficient (Wildman–Crippen LogP) is 1.72. The molecule has 1 aromatic rings. The van der Waals surface area contributed by atoms with E-state index in [2.05, 4.69) is 28.2 Å². The standard InChI is InChI=1S/C13H21N3O/c1-2-14-12-4-3-5-13(15-12)16-8-6-11(10-17)7-9-16/h3-5,11,17H,2,6-10H2,1H3,(H,14,15). The Balaban J connectivity index is 2.00. The lowest BCUT2D eigenvalue weighted by Gasteiger charge is -2.32. The molecule has 1 fully saturated rings. The fourth-order valence-electron chi connectivity index (χ4n) is 2.22. The van der Waals surface area contributed by atoms with Crippen molar-refractivity contribution in [1.82, 2.24) is 4.98 Å². The molecule has 0 atom stereocenters. The molecule has 1 aliphatic rings. The molecule has 0 spiro atoms. The van der Waals surface area contributed by atoms with Gasteiger partial charge in [-0.15, -0.1) is 0 Å². The van der Waals surface area contributed by atoms with Crippen molar-refractivity contribution >= 4 is 11.6 Å². The first-order valence-electron chi connectivity index (χ1n) is 6.40. The van der Waals surface area contributed by atoms with E-state index in [0.717, 1.165) is 44.1 Å². The fraction of sp³-hybridized carbons (Fsp3) is 0.615. The van der Waals surface area contributed by atoms with E-state index in [4.69, 9.17) is 5.11 Å². The Hall–Kier alpha value is -1.29. The molecule has 0 radical (unpaired) electrons. The zero-order valence-electron chi connectivity index (χ0n) is 10.4. The lowest BCUT2D eigenvalue weighted by atomic mass is 9.98. The second-order valence-electron chi connectivity index (χ2n) is 4.52. The van der Waals surface area contributed by atoms with Crippen LogP contribution in [-0.2, 0) is 0 Å². The van der Waals surface area contributed by atoms with E-state index in [-0.39, 0.29) is 0 Å². The van der Waals surface area contributed by atoms with E-state index in [1.165, 1.54) is 0 Å². The summed E-state index contributed by atoms with van der Waals surface area (Å²) in [4.78, 5) is 6.89. The molecule has 0 unspecified atom stereocenters. The summed E-state index contributed by atoms with van der Waals surface area (Å²) in [7, 11) is 0. The zero-order chi connectivity index (χ0) is 12.1. The van der Waals surface area contributed by atoms with Gasteiger partial charge in [0.1, 0.15) is 11.6 Å². The number of hydrogen-bond donors (Lipinski definition) is 2. The summed E-state index contributed by atoms with van der Waals surface area (Å²) in [6, 6.07) is 6.09. The zero-order valence-corrected chi connectivity index (χ0v) is 10.4. The monoisotopic (exact) mass is 235 g/mol. The maximum absolute atomic E-state index is 9.12. The predicted molar refractivity (Wildman–Crippen MR) is 70.4 cm³/mol. The summed E-state index contributed by atoms with van der Waals surface area (Å²) < 4.78 is 0. The van der Waals surface area contributed by atoms with E-state index in [9.17, 15) is 0 Å². The first-order chi connectivity index (χ1) is 8.33. The van der Waals surface area contributed by atoms with Crippen LogP contribution >= 0.6 is 0 Å². The largest absolute Gasteiger partial charge is 0.396 e. The third-order valence-electron chi connectivity index (χ3n) is 3.29. The molecule has 2 rings (SSSR count). The molecular formula is C13H21N3O. The SMILES string of the molecule is CCNc1cccc(N2CCC(CO)CC2)n1. The Kier molecular flexibility index (Phi) is 4.20. The van der Waals surface area contributed by atoms with Gasteiger partial charge in [-0.3, -0.25) is 0 Å². The van der Waals surface area contributed by atoms with Gasteiger partial charge in [-0.2, -0.15) is 0 Å². The van der Waals surface area contributed by atoms with Gasteiger partial charge in [0.05, 0.1) is 0 Å². The second kappa shape index (κ2) is 5.87. The third kappa shape index (κ3) is 3.09. The molecule has 2 heterocycles. The molecule has 4 nitrogen and oxygen atoms in total. The summed E-state index contributed by atoms with van der Waals surface area (Å²) in [5.74, 6) is 2.46. The van der Waals surface area contributed by atoms with Crippen LogP contribution in [-0.4, -0.2) is 36.3 Å². The average molecular weight is 235 g/mol. The van der Waals surface area contributed by atoms with Crippen LogP contribution in [0.1, 0.15) is 19.8 Å².